The summed E-state index contributed by atoms with van der Waals surface area (Å²) in [6.45, 7) is 0.862. The third-order valence-electron chi connectivity index (χ3n) is 4.49. The van der Waals surface area contributed by atoms with Gasteiger partial charge in [0.15, 0.2) is 28.2 Å². The molecule has 0 saturated heterocycles. The molecule has 0 aliphatic rings. The molecule has 4 aromatic rings. The number of nitrogens with zero attached hydrogens (tertiary/aromatic N) is 2. The van der Waals surface area contributed by atoms with Crippen LogP contribution in [0.2, 0.25) is 0 Å². The number of thiazole rings is 1. The molecule has 31 heavy (non-hydrogen) atoms. The first-order chi connectivity index (χ1) is 14.7. The number of ether oxygens (including phenoxy) is 2. The molecule has 0 aliphatic heterocycles. The Morgan fingerprint density at radius 1 is 1.10 bits per heavy atom. The normalized spacial score (nSPS) is 11.2. The molecule has 0 unspecified atom stereocenters. The van der Waals surface area contributed by atoms with Gasteiger partial charge in [0.25, 0.3) is 0 Å². The number of benzene rings is 2. The molecule has 4 rings (SSSR count). The molecule has 2 aromatic heterocycles. The molecule has 0 saturated carbocycles. The van der Waals surface area contributed by atoms with Gasteiger partial charge in [-0.1, -0.05) is 18.2 Å². The highest BCUT2D eigenvalue weighted by molar-refractivity contribution is 14.0. The summed E-state index contributed by atoms with van der Waals surface area (Å²) in [4.78, 5) is 8.99. The average Bonchev–Trinajstić information content (AvgIpc) is 3.42. The lowest BCUT2D eigenvalue weighted by Gasteiger charge is -2.09. The van der Waals surface area contributed by atoms with E-state index in [1.165, 1.54) is 0 Å². The summed E-state index contributed by atoms with van der Waals surface area (Å²) in [5, 5.41) is 3.93. The smallest absolute Gasteiger partial charge is 0.189 e. The quantitative estimate of drug-likeness (QED) is 0.195. The second-order valence-electron chi connectivity index (χ2n) is 6.50. The highest BCUT2D eigenvalue weighted by atomic mass is 127. The lowest BCUT2D eigenvalue weighted by molar-refractivity contribution is 0.354. The summed E-state index contributed by atoms with van der Waals surface area (Å²) in [7, 11) is 3.21. The Labute approximate surface area is 201 Å². The minimum absolute atomic E-state index is 0. The summed E-state index contributed by atoms with van der Waals surface area (Å²) in [5.74, 6) is 3.18. The molecular formula is C22H23IN4O3S. The van der Waals surface area contributed by atoms with Gasteiger partial charge in [-0.3, -0.25) is 0 Å². The minimum Gasteiger partial charge on any atom is -0.493 e. The fourth-order valence-corrected chi connectivity index (χ4v) is 3.88. The zero-order valence-electron chi connectivity index (χ0n) is 17.1. The molecule has 0 aliphatic carbocycles. The lowest BCUT2D eigenvalue weighted by Crippen LogP contribution is -2.30. The molecule has 162 valence electrons. The van der Waals surface area contributed by atoms with Crippen LogP contribution in [0.15, 0.2) is 64.0 Å². The van der Waals surface area contributed by atoms with Gasteiger partial charge in [0.05, 0.1) is 37.5 Å². The van der Waals surface area contributed by atoms with Crippen molar-refractivity contribution in [3.8, 4) is 22.3 Å². The Bertz CT molecular complexity index is 1160. The van der Waals surface area contributed by atoms with Crippen molar-refractivity contribution in [1.29, 1.82) is 0 Å². The molecule has 0 fully saturated rings. The van der Waals surface area contributed by atoms with E-state index in [9.17, 15) is 0 Å². The van der Waals surface area contributed by atoms with E-state index in [0.717, 1.165) is 32.3 Å². The fraction of sp³-hybridized carbons (Fsp3) is 0.182. The van der Waals surface area contributed by atoms with Crippen LogP contribution in [0.1, 0.15) is 11.3 Å². The number of para-hydroxylation sites is 1. The maximum absolute atomic E-state index is 6.00. The average molecular weight is 550 g/mol. The van der Waals surface area contributed by atoms with Crippen molar-refractivity contribution in [2.75, 3.05) is 14.2 Å². The molecule has 0 radical (unpaired) electrons. The molecular weight excluding hydrogens is 527 g/mol. The molecule has 0 spiro atoms. The van der Waals surface area contributed by atoms with Crippen LogP contribution in [-0.4, -0.2) is 25.2 Å². The van der Waals surface area contributed by atoms with Crippen LogP contribution in [0.25, 0.3) is 21.0 Å². The van der Waals surface area contributed by atoms with Crippen LogP contribution >= 0.6 is 35.3 Å². The first kappa shape index (κ1) is 22.9. The molecule has 0 atom stereocenters. The molecule has 2 aromatic carbocycles. The maximum Gasteiger partial charge on any atom is 0.189 e. The Hall–Kier alpha value is -2.79. The number of rotatable bonds is 7. The van der Waals surface area contributed by atoms with Gasteiger partial charge in [-0.05, 0) is 42.0 Å². The Balaban J connectivity index is 0.00000272. The minimum atomic E-state index is 0. The van der Waals surface area contributed by atoms with Crippen molar-refractivity contribution in [2.45, 2.75) is 13.1 Å². The standard InChI is InChI=1S/C22H22N4O3S.HI/c1-27-17-9-7-14(11-19(17)28-2)12-24-22(23)25-13-15-8-10-18(29-15)21-26-16-5-3-4-6-20(16)30-21;/h3-11H,12-13H2,1-2H3,(H3,23,24,25);1H. The molecule has 0 amide bonds. The number of furan rings is 1. The van der Waals surface area contributed by atoms with Gasteiger partial charge >= 0.3 is 0 Å². The number of aromatic nitrogens is 1. The topological polar surface area (TPSA) is 94.9 Å². The van der Waals surface area contributed by atoms with E-state index in [-0.39, 0.29) is 24.0 Å². The van der Waals surface area contributed by atoms with E-state index in [1.54, 1.807) is 25.6 Å². The van der Waals surface area contributed by atoms with E-state index in [0.29, 0.717) is 30.5 Å². The van der Waals surface area contributed by atoms with E-state index >= 15 is 0 Å². The molecule has 3 N–H and O–H groups in total. The number of hydrogen-bond donors (Lipinski definition) is 2. The predicted octanol–water partition coefficient (Wildman–Crippen LogP) is 4.80. The second kappa shape index (κ2) is 10.5. The third kappa shape index (κ3) is 5.47. The van der Waals surface area contributed by atoms with Crippen LogP contribution in [0.5, 0.6) is 11.5 Å². The van der Waals surface area contributed by atoms with Crippen molar-refractivity contribution in [3.63, 3.8) is 0 Å². The van der Waals surface area contributed by atoms with Crippen molar-refractivity contribution < 1.29 is 13.9 Å². The van der Waals surface area contributed by atoms with Crippen LogP contribution in [-0.2, 0) is 13.1 Å². The van der Waals surface area contributed by atoms with Crippen LogP contribution in [0.3, 0.4) is 0 Å². The summed E-state index contributed by atoms with van der Waals surface area (Å²) < 4.78 is 17.6. The summed E-state index contributed by atoms with van der Waals surface area (Å²) in [5.41, 5.74) is 7.93. The fourth-order valence-electron chi connectivity index (χ4n) is 2.95. The second-order valence-corrected chi connectivity index (χ2v) is 7.53. The van der Waals surface area contributed by atoms with Gasteiger partial charge in [0.2, 0.25) is 0 Å². The van der Waals surface area contributed by atoms with Gasteiger partial charge < -0.3 is 24.9 Å². The highest BCUT2D eigenvalue weighted by Gasteiger charge is 2.10. The van der Waals surface area contributed by atoms with Gasteiger partial charge in [0, 0.05) is 0 Å². The molecule has 0 bridgehead atoms. The number of aliphatic imine (C=N–C) groups is 1. The van der Waals surface area contributed by atoms with Crippen molar-refractivity contribution >= 4 is 51.5 Å². The van der Waals surface area contributed by atoms with E-state index < -0.39 is 0 Å². The van der Waals surface area contributed by atoms with Crippen LogP contribution < -0.4 is 20.5 Å². The number of halogens is 1. The number of guanidine groups is 1. The van der Waals surface area contributed by atoms with Crippen molar-refractivity contribution in [3.05, 3.63) is 65.9 Å². The Morgan fingerprint density at radius 3 is 2.68 bits per heavy atom. The monoisotopic (exact) mass is 550 g/mol. The molecule has 9 heteroatoms. The first-order valence-electron chi connectivity index (χ1n) is 9.35. The highest BCUT2D eigenvalue weighted by Crippen LogP contribution is 2.31. The number of hydrogen-bond acceptors (Lipinski definition) is 6. The van der Waals surface area contributed by atoms with Gasteiger partial charge in [-0.25, -0.2) is 9.98 Å². The molecule has 2 heterocycles. The summed E-state index contributed by atoms with van der Waals surface area (Å²) >= 11 is 1.61. The van der Waals surface area contributed by atoms with E-state index in [1.807, 2.05) is 48.5 Å². The largest absolute Gasteiger partial charge is 0.493 e. The SMILES string of the molecule is COc1ccc(CN=C(N)NCc2ccc(-c3nc4ccccc4s3)o2)cc1OC.I. The summed E-state index contributed by atoms with van der Waals surface area (Å²) in [6.07, 6.45) is 0. The van der Waals surface area contributed by atoms with Crippen molar-refractivity contribution in [1.82, 2.24) is 10.3 Å². The van der Waals surface area contributed by atoms with Crippen LogP contribution in [0.4, 0.5) is 0 Å². The number of nitrogens with one attached hydrogen (secondary N) is 1. The zero-order valence-corrected chi connectivity index (χ0v) is 20.3. The lowest BCUT2D eigenvalue weighted by atomic mass is 10.2. The zero-order chi connectivity index (χ0) is 20.9. The van der Waals surface area contributed by atoms with Gasteiger partial charge in [-0.15, -0.1) is 35.3 Å². The number of nitrogens with two attached hydrogens (primary N) is 1. The Kier molecular flexibility index (Phi) is 7.75. The maximum atomic E-state index is 6.00. The molecule has 7 nitrogen and oxygen atoms in total. The first-order valence-corrected chi connectivity index (χ1v) is 10.2. The van der Waals surface area contributed by atoms with E-state index in [2.05, 4.69) is 21.4 Å². The number of methoxy groups -OCH3 is 2. The predicted molar refractivity (Wildman–Crippen MR) is 134 cm³/mol. The van der Waals surface area contributed by atoms with Crippen LogP contribution in [0, 0.1) is 0 Å². The third-order valence-corrected chi connectivity index (χ3v) is 5.54. The Morgan fingerprint density at radius 2 is 1.90 bits per heavy atom. The van der Waals surface area contributed by atoms with Gasteiger partial charge in [0.1, 0.15) is 5.76 Å². The number of fused-ring (bicyclic) bond motifs is 1. The van der Waals surface area contributed by atoms with E-state index in [4.69, 9.17) is 19.6 Å². The van der Waals surface area contributed by atoms with Crippen molar-refractivity contribution in [2.24, 2.45) is 10.7 Å². The summed E-state index contributed by atoms with van der Waals surface area (Å²) in [6, 6.07) is 17.5. The van der Waals surface area contributed by atoms with Gasteiger partial charge in [-0.2, -0.15) is 0 Å².